The van der Waals surface area contributed by atoms with Gasteiger partial charge in [-0.05, 0) is 13.0 Å². The van der Waals surface area contributed by atoms with Gasteiger partial charge in [-0.2, -0.15) is 10.1 Å². The van der Waals surface area contributed by atoms with Crippen molar-refractivity contribution < 1.29 is 9.53 Å². The van der Waals surface area contributed by atoms with Crippen LogP contribution in [-0.2, 0) is 11.3 Å². The molecule has 1 fully saturated rings. The van der Waals surface area contributed by atoms with Crippen LogP contribution in [0.15, 0.2) is 30.7 Å². The molecule has 0 aliphatic carbocycles. The third-order valence-electron chi connectivity index (χ3n) is 3.39. The molecule has 0 spiro atoms. The maximum absolute atomic E-state index is 12.1. The number of rotatable bonds is 4. The van der Waals surface area contributed by atoms with E-state index in [9.17, 15) is 4.79 Å². The maximum atomic E-state index is 12.1. The molecule has 0 N–H and O–H groups in total. The summed E-state index contributed by atoms with van der Waals surface area (Å²) >= 11 is 0. The van der Waals surface area contributed by atoms with Crippen LogP contribution in [-0.4, -0.2) is 49.7 Å². The smallest absolute Gasteiger partial charge is 0.244 e. The highest BCUT2D eigenvalue weighted by Gasteiger charge is 2.28. The van der Waals surface area contributed by atoms with E-state index in [1.54, 1.807) is 40.3 Å². The fraction of sp³-hybridized carbons (Fsp3) is 0.429. The van der Waals surface area contributed by atoms with Gasteiger partial charge in [-0.15, -0.1) is 0 Å². The Bertz CT molecular complexity index is 614. The molecular formula is C14H17N5O2. The average molecular weight is 287 g/mol. The summed E-state index contributed by atoms with van der Waals surface area (Å²) in [5.74, 6) is 1.30. The molecule has 7 nitrogen and oxygen atoms in total. The number of ether oxygens (including phenoxy) is 1. The molecule has 1 atom stereocenters. The first kappa shape index (κ1) is 13.5. The first-order chi connectivity index (χ1) is 10.2. The number of nitrogens with zero attached hydrogens (tertiary/aromatic N) is 5. The van der Waals surface area contributed by atoms with Crippen molar-refractivity contribution in [2.45, 2.75) is 26.0 Å². The first-order valence-electron chi connectivity index (χ1n) is 6.92. The Morgan fingerprint density at radius 1 is 1.48 bits per heavy atom. The lowest BCUT2D eigenvalue weighted by atomic mass is 10.3. The SMILES string of the molecule is Cc1nccc(O[C@@H]2CCN(C(=O)Cn3cccn3)C2)n1. The third kappa shape index (κ3) is 3.36. The summed E-state index contributed by atoms with van der Waals surface area (Å²) in [6, 6.07) is 3.54. The van der Waals surface area contributed by atoms with Crippen molar-refractivity contribution >= 4 is 5.91 Å². The Hall–Kier alpha value is -2.44. The van der Waals surface area contributed by atoms with E-state index in [1.165, 1.54) is 0 Å². The first-order valence-corrected chi connectivity index (χ1v) is 6.92. The van der Waals surface area contributed by atoms with Crippen LogP contribution >= 0.6 is 0 Å². The van der Waals surface area contributed by atoms with Crippen LogP contribution in [0.3, 0.4) is 0 Å². The van der Waals surface area contributed by atoms with E-state index in [-0.39, 0.29) is 18.6 Å². The second-order valence-corrected chi connectivity index (χ2v) is 5.01. The van der Waals surface area contributed by atoms with Crippen molar-refractivity contribution in [2.75, 3.05) is 13.1 Å². The van der Waals surface area contributed by atoms with Gasteiger partial charge in [-0.1, -0.05) is 0 Å². The van der Waals surface area contributed by atoms with E-state index in [4.69, 9.17) is 4.74 Å². The van der Waals surface area contributed by atoms with E-state index in [0.29, 0.717) is 24.8 Å². The van der Waals surface area contributed by atoms with Crippen molar-refractivity contribution in [2.24, 2.45) is 0 Å². The highest BCUT2D eigenvalue weighted by molar-refractivity contribution is 5.76. The van der Waals surface area contributed by atoms with Gasteiger partial charge in [0.2, 0.25) is 11.8 Å². The van der Waals surface area contributed by atoms with Crippen LogP contribution in [0.5, 0.6) is 5.88 Å². The highest BCUT2D eigenvalue weighted by atomic mass is 16.5. The normalized spacial score (nSPS) is 18.0. The van der Waals surface area contributed by atoms with Crippen LogP contribution in [0.1, 0.15) is 12.2 Å². The van der Waals surface area contributed by atoms with Crippen LogP contribution in [0.25, 0.3) is 0 Å². The molecule has 110 valence electrons. The number of aromatic nitrogens is 4. The van der Waals surface area contributed by atoms with Crippen LogP contribution in [0.2, 0.25) is 0 Å². The molecular weight excluding hydrogens is 270 g/mol. The van der Waals surface area contributed by atoms with Crippen LogP contribution < -0.4 is 4.74 Å². The molecule has 1 aliphatic heterocycles. The molecule has 2 aromatic heterocycles. The third-order valence-corrected chi connectivity index (χ3v) is 3.39. The Balaban J connectivity index is 1.54. The monoisotopic (exact) mass is 287 g/mol. The summed E-state index contributed by atoms with van der Waals surface area (Å²) < 4.78 is 7.43. The molecule has 7 heteroatoms. The van der Waals surface area contributed by atoms with Crippen molar-refractivity contribution in [3.63, 3.8) is 0 Å². The van der Waals surface area contributed by atoms with E-state index >= 15 is 0 Å². The summed E-state index contributed by atoms with van der Waals surface area (Å²) in [6.07, 6.45) is 5.92. The molecule has 1 aliphatic rings. The standard InChI is InChI=1S/C14H17N5O2/c1-11-15-6-3-13(17-11)21-12-4-8-18(9-12)14(20)10-19-7-2-5-16-19/h2-3,5-7,12H,4,8-10H2,1H3/t12-/m1/s1. The number of hydrogen-bond acceptors (Lipinski definition) is 5. The summed E-state index contributed by atoms with van der Waals surface area (Å²) in [7, 11) is 0. The summed E-state index contributed by atoms with van der Waals surface area (Å²) in [5.41, 5.74) is 0. The van der Waals surface area contributed by atoms with Gasteiger partial charge >= 0.3 is 0 Å². The van der Waals surface area contributed by atoms with Gasteiger partial charge in [-0.3, -0.25) is 9.48 Å². The fourth-order valence-corrected chi connectivity index (χ4v) is 2.35. The minimum absolute atomic E-state index is 0.0131. The van der Waals surface area contributed by atoms with Gasteiger partial charge in [0.15, 0.2) is 0 Å². The number of hydrogen-bond donors (Lipinski definition) is 0. The van der Waals surface area contributed by atoms with E-state index in [2.05, 4.69) is 15.1 Å². The van der Waals surface area contributed by atoms with Crippen molar-refractivity contribution in [3.8, 4) is 5.88 Å². The molecule has 0 aromatic carbocycles. The molecule has 21 heavy (non-hydrogen) atoms. The van der Waals surface area contributed by atoms with Crippen molar-refractivity contribution in [3.05, 3.63) is 36.5 Å². The van der Waals surface area contributed by atoms with Crippen LogP contribution in [0, 0.1) is 6.92 Å². The van der Waals surface area contributed by atoms with Gasteiger partial charge in [0.25, 0.3) is 0 Å². The quantitative estimate of drug-likeness (QED) is 0.826. The zero-order valence-corrected chi connectivity index (χ0v) is 11.8. The molecule has 0 saturated carbocycles. The second-order valence-electron chi connectivity index (χ2n) is 5.01. The van der Waals surface area contributed by atoms with Gasteiger partial charge in [0, 0.05) is 37.6 Å². The number of amides is 1. The predicted octanol–water partition coefficient (Wildman–Crippen LogP) is 0.661. The minimum atomic E-state index is -0.0131. The number of likely N-dealkylation sites (tertiary alicyclic amines) is 1. The topological polar surface area (TPSA) is 73.1 Å². The lowest BCUT2D eigenvalue weighted by molar-refractivity contribution is -0.131. The molecule has 1 saturated heterocycles. The Labute approximate surface area is 122 Å². The summed E-state index contributed by atoms with van der Waals surface area (Å²) in [6.45, 7) is 3.38. The molecule has 3 heterocycles. The summed E-state index contributed by atoms with van der Waals surface area (Å²) in [5, 5.41) is 4.05. The zero-order chi connectivity index (χ0) is 14.7. The van der Waals surface area contributed by atoms with E-state index in [0.717, 1.165) is 6.42 Å². The highest BCUT2D eigenvalue weighted by Crippen LogP contribution is 2.16. The molecule has 0 bridgehead atoms. The number of carbonyl (C=O) groups excluding carboxylic acids is 1. The molecule has 1 amide bonds. The number of carbonyl (C=O) groups is 1. The van der Waals surface area contributed by atoms with Crippen molar-refractivity contribution in [1.82, 2.24) is 24.6 Å². The van der Waals surface area contributed by atoms with E-state index in [1.807, 2.05) is 6.92 Å². The van der Waals surface area contributed by atoms with Crippen molar-refractivity contribution in [1.29, 1.82) is 0 Å². The lowest BCUT2D eigenvalue weighted by Crippen LogP contribution is -2.33. The van der Waals surface area contributed by atoms with Gasteiger partial charge < -0.3 is 9.64 Å². The zero-order valence-electron chi connectivity index (χ0n) is 11.8. The largest absolute Gasteiger partial charge is 0.472 e. The molecule has 0 radical (unpaired) electrons. The molecule has 3 rings (SSSR count). The number of aryl methyl sites for hydroxylation is 1. The molecule has 0 unspecified atom stereocenters. The average Bonchev–Trinajstić information content (AvgIpc) is 3.10. The second kappa shape index (κ2) is 5.90. The lowest BCUT2D eigenvalue weighted by Gasteiger charge is -2.17. The fourth-order valence-electron chi connectivity index (χ4n) is 2.35. The Morgan fingerprint density at radius 3 is 3.14 bits per heavy atom. The van der Waals surface area contributed by atoms with E-state index < -0.39 is 0 Å². The summed E-state index contributed by atoms with van der Waals surface area (Å²) in [4.78, 5) is 22.2. The van der Waals surface area contributed by atoms with Gasteiger partial charge in [0.1, 0.15) is 18.5 Å². The molecule has 2 aromatic rings. The predicted molar refractivity (Wildman–Crippen MR) is 74.6 cm³/mol. The van der Waals surface area contributed by atoms with Crippen LogP contribution in [0.4, 0.5) is 0 Å². The van der Waals surface area contributed by atoms with Gasteiger partial charge in [-0.25, -0.2) is 4.98 Å². The van der Waals surface area contributed by atoms with Gasteiger partial charge in [0.05, 0.1) is 6.54 Å². The minimum Gasteiger partial charge on any atom is -0.472 e. The Morgan fingerprint density at radius 2 is 2.38 bits per heavy atom. The Kier molecular flexibility index (Phi) is 3.81. The maximum Gasteiger partial charge on any atom is 0.244 e.